The number of rotatable bonds is 7. The molecule has 2 heterocycles. The first kappa shape index (κ1) is 26.4. The zero-order valence-corrected chi connectivity index (χ0v) is 21.9. The van der Waals surface area contributed by atoms with Crippen LogP contribution < -0.4 is 19.7 Å². The molecule has 2 amide bonds. The molecular formula is C28H29ClFN3O4. The molecule has 194 valence electrons. The van der Waals surface area contributed by atoms with Gasteiger partial charge in [0.1, 0.15) is 30.1 Å². The molecule has 1 N–H and O–H groups in total. The molecule has 0 radical (unpaired) electrons. The van der Waals surface area contributed by atoms with E-state index in [1.54, 1.807) is 30.2 Å². The molecule has 7 nitrogen and oxygen atoms in total. The summed E-state index contributed by atoms with van der Waals surface area (Å²) in [6.45, 7) is 7.74. The molecule has 0 aliphatic carbocycles. The average Bonchev–Trinajstić information content (AvgIpc) is 2.88. The van der Waals surface area contributed by atoms with Gasteiger partial charge in [-0.15, -0.1) is 0 Å². The standard InChI is InChI=1S/C28H29ClFN3O4/c1-5-21-15-33(27(35)32-23-9-8-20(29)13-22(23)30)24-10-6-18(12-25(24)37-21)19-7-11-26(31-14-19)36-16-28(3,4)17(2)34/h6-14,21H,5,15-16H2,1-4H3,(H,32,35). The number of fused-ring (bicyclic) bond motifs is 1. The van der Waals surface area contributed by atoms with Crippen molar-refractivity contribution in [2.24, 2.45) is 5.41 Å². The maximum atomic E-state index is 14.3. The van der Waals surface area contributed by atoms with Crippen LogP contribution in [0.5, 0.6) is 11.6 Å². The fourth-order valence-electron chi connectivity index (χ4n) is 3.70. The van der Waals surface area contributed by atoms with Crippen molar-refractivity contribution in [3.8, 4) is 22.8 Å². The number of ether oxygens (including phenoxy) is 2. The van der Waals surface area contributed by atoms with E-state index in [-0.39, 0.29) is 29.2 Å². The third-order valence-electron chi connectivity index (χ3n) is 6.41. The van der Waals surface area contributed by atoms with Gasteiger partial charge in [-0.05, 0) is 69.2 Å². The molecule has 0 bridgehead atoms. The van der Waals surface area contributed by atoms with Crippen LogP contribution in [0.1, 0.15) is 34.1 Å². The first-order valence-electron chi connectivity index (χ1n) is 12.0. The van der Waals surface area contributed by atoms with Gasteiger partial charge in [0, 0.05) is 22.8 Å². The predicted molar refractivity (Wildman–Crippen MR) is 142 cm³/mol. The number of urea groups is 1. The van der Waals surface area contributed by atoms with Gasteiger partial charge in [-0.3, -0.25) is 9.69 Å². The molecule has 2 aromatic carbocycles. The van der Waals surface area contributed by atoms with Crippen molar-refractivity contribution in [3.63, 3.8) is 0 Å². The number of anilines is 2. The highest BCUT2D eigenvalue weighted by Gasteiger charge is 2.30. The Morgan fingerprint density at radius 2 is 1.95 bits per heavy atom. The van der Waals surface area contributed by atoms with Crippen molar-refractivity contribution < 1.29 is 23.5 Å². The Labute approximate surface area is 220 Å². The molecule has 0 fully saturated rings. The number of aromatic nitrogens is 1. The van der Waals surface area contributed by atoms with Crippen LogP contribution in [0.15, 0.2) is 54.7 Å². The van der Waals surface area contributed by atoms with Crippen LogP contribution in [-0.2, 0) is 4.79 Å². The molecule has 0 saturated heterocycles. The topological polar surface area (TPSA) is 80.8 Å². The smallest absolute Gasteiger partial charge is 0.326 e. The van der Waals surface area contributed by atoms with Gasteiger partial charge in [0.2, 0.25) is 5.88 Å². The molecule has 9 heteroatoms. The van der Waals surface area contributed by atoms with Gasteiger partial charge >= 0.3 is 6.03 Å². The molecule has 37 heavy (non-hydrogen) atoms. The lowest BCUT2D eigenvalue weighted by Gasteiger charge is -2.35. The molecule has 1 aliphatic rings. The molecule has 4 rings (SSSR count). The van der Waals surface area contributed by atoms with E-state index < -0.39 is 17.3 Å². The normalized spacial score (nSPS) is 15.0. The van der Waals surface area contributed by atoms with E-state index in [2.05, 4.69) is 10.3 Å². The highest BCUT2D eigenvalue weighted by molar-refractivity contribution is 6.30. The van der Waals surface area contributed by atoms with Gasteiger partial charge < -0.3 is 14.8 Å². The molecule has 1 unspecified atom stereocenters. The second kappa shape index (κ2) is 10.8. The van der Waals surface area contributed by atoms with Crippen LogP contribution in [0.4, 0.5) is 20.6 Å². The van der Waals surface area contributed by atoms with Gasteiger partial charge in [-0.25, -0.2) is 14.2 Å². The Morgan fingerprint density at radius 3 is 2.59 bits per heavy atom. The fraction of sp³-hybridized carbons (Fsp3) is 0.321. The minimum Gasteiger partial charge on any atom is -0.486 e. The Morgan fingerprint density at radius 1 is 1.19 bits per heavy atom. The minimum absolute atomic E-state index is 0.0459. The monoisotopic (exact) mass is 525 g/mol. The first-order chi connectivity index (χ1) is 17.6. The highest BCUT2D eigenvalue weighted by atomic mass is 35.5. The minimum atomic E-state index is -0.610. The number of Topliss-reactive ketones (excluding diaryl/α,β-unsaturated/α-hetero) is 1. The number of amides is 2. The van der Waals surface area contributed by atoms with E-state index >= 15 is 0 Å². The van der Waals surface area contributed by atoms with Gasteiger partial charge in [0.25, 0.3) is 0 Å². The number of hydrogen-bond donors (Lipinski definition) is 1. The second-order valence-corrected chi connectivity index (χ2v) is 10.0. The van der Waals surface area contributed by atoms with Crippen molar-refractivity contribution in [2.45, 2.75) is 40.2 Å². The lowest BCUT2D eigenvalue weighted by atomic mass is 9.90. The Kier molecular flexibility index (Phi) is 7.68. The number of hydrogen-bond acceptors (Lipinski definition) is 5. The van der Waals surface area contributed by atoms with Crippen molar-refractivity contribution in [1.29, 1.82) is 0 Å². The summed E-state index contributed by atoms with van der Waals surface area (Å²) in [7, 11) is 0. The van der Waals surface area contributed by atoms with E-state index in [1.165, 1.54) is 12.1 Å². The van der Waals surface area contributed by atoms with E-state index in [0.29, 0.717) is 30.3 Å². The summed E-state index contributed by atoms with van der Waals surface area (Å²) in [5.74, 6) is 0.410. The van der Waals surface area contributed by atoms with Crippen molar-refractivity contribution >= 4 is 34.8 Å². The molecule has 1 aliphatic heterocycles. The summed E-state index contributed by atoms with van der Waals surface area (Å²) >= 11 is 5.82. The van der Waals surface area contributed by atoms with Gasteiger partial charge in [0.15, 0.2) is 0 Å². The summed E-state index contributed by atoms with van der Waals surface area (Å²) < 4.78 is 26.1. The zero-order chi connectivity index (χ0) is 26.7. The van der Waals surface area contributed by atoms with E-state index in [9.17, 15) is 14.0 Å². The lowest BCUT2D eigenvalue weighted by Crippen LogP contribution is -2.45. The average molecular weight is 526 g/mol. The second-order valence-electron chi connectivity index (χ2n) is 9.61. The van der Waals surface area contributed by atoms with Crippen LogP contribution >= 0.6 is 11.6 Å². The quantitative estimate of drug-likeness (QED) is 0.369. The van der Waals surface area contributed by atoms with E-state index in [1.807, 2.05) is 39.0 Å². The number of carbonyl (C=O) groups is 2. The maximum absolute atomic E-state index is 14.3. The Balaban J connectivity index is 1.54. The number of nitrogens with zero attached hydrogens (tertiary/aromatic N) is 2. The predicted octanol–water partition coefficient (Wildman–Crippen LogP) is 6.74. The Bertz CT molecular complexity index is 1310. The number of pyridine rings is 1. The number of nitrogens with one attached hydrogen (secondary N) is 1. The third kappa shape index (κ3) is 6.02. The van der Waals surface area contributed by atoms with Crippen molar-refractivity contribution in [3.05, 3.63) is 65.6 Å². The number of halogens is 2. The molecule has 0 saturated carbocycles. The van der Waals surface area contributed by atoms with Crippen molar-refractivity contribution in [2.75, 3.05) is 23.4 Å². The number of ketones is 1. The van der Waals surface area contributed by atoms with E-state index in [0.717, 1.165) is 17.2 Å². The zero-order valence-electron chi connectivity index (χ0n) is 21.2. The largest absolute Gasteiger partial charge is 0.486 e. The molecule has 0 spiro atoms. The van der Waals surface area contributed by atoms with Crippen LogP contribution in [0.3, 0.4) is 0 Å². The molecule has 1 atom stereocenters. The summed E-state index contributed by atoms with van der Waals surface area (Å²) in [6, 6.07) is 12.8. The van der Waals surface area contributed by atoms with Gasteiger partial charge in [0.05, 0.1) is 23.3 Å². The number of carbonyl (C=O) groups excluding carboxylic acids is 2. The molecule has 1 aromatic heterocycles. The molecule has 3 aromatic rings. The summed E-state index contributed by atoms with van der Waals surface area (Å²) in [6.07, 6.45) is 2.15. The maximum Gasteiger partial charge on any atom is 0.326 e. The molecular weight excluding hydrogens is 497 g/mol. The summed E-state index contributed by atoms with van der Waals surface area (Å²) in [5.41, 5.74) is 1.72. The van der Waals surface area contributed by atoms with Crippen LogP contribution in [0, 0.1) is 11.2 Å². The Hall–Kier alpha value is -3.65. The van der Waals surface area contributed by atoms with Gasteiger partial charge in [-0.1, -0.05) is 24.6 Å². The summed E-state index contributed by atoms with van der Waals surface area (Å²) in [5, 5.41) is 2.88. The van der Waals surface area contributed by atoms with Crippen LogP contribution in [-0.4, -0.2) is 36.1 Å². The van der Waals surface area contributed by atoms with Crippen LogP contribution in [0.25, 0.3) is 11.1 Å². The SMILES string of the molecule is CCC1CN(C(=O)Nc2ccc(Cl)cc2F)c2ccc(-c3ccc(OCC(C)(C)C(C)=O)nc3)cc2O1. The fourth-order valence-corrected chi connectivity index (χ4v) is 3.86. The van der Waals surface area contributed by atoms with Crippen molar-refractivity contribution in [1.82, 2.24) is 4.98 Å². The van der Waals surface area contributed by atoms with E-state index in [4.69, 9.17) is 21.1 Å². The summed E-state index contributed by atoms with van der Waals surface area (Å²) in [4.78, 5) is 30.7. The lowest BCUT2D eigenvalue weighted by molar-refractivity contribution is -0.126. The van der Waals surface area contributed by atoms with Gasteiger partial charge in [-0.2, -0.15) is 0 Å². The van der Waals surface area contributed by atoms with Crippen LogP contribution in [0.2, 0.25) is 5.02 Å². The third-order valence-corrected chi connectivity index (χ3v) is 6.64. The first-order valence-corrected chi connectivity index (χ1v) is 12.4. The number of benzene rings is 2. The highest BCUT2D eigenvalue weighted by Crippen LogP contribution is 2.38.